The molecule has 4 rings (SSSR count). The van der Waals surface area contributed by atoms with E-state index in [2.05, 4.69) is 22.5 Å². The summed E-state index contributed by atoms with van der Waals surface area (Å²) in [5, 5.41) is 6.27. The van der Waals surface area contributed by atoms with E-state index < -0.39 is 0 Å². The summed E-state index contributed by atoms with van der Waals surface area (Å²) in [6.07, 6.45) is 2.97. The van der Waals surface area contributed by atoms with Gasteiger partial charge in [-0.05, 0) is 49.4 Å². The summed E-state index contributed by atoms with van der Waals surface area (Å²) in [7, 11) is 0. The third-order valence-corrected chi connectivity index (χ3v) is 5.68. The second-order valence-electron chi connectivity index (χ2n) is 7.95. The van der Waals surface area contributed by atoms with Crippen molar-refractivity contribution < 1.29 is 9.59 Å². The van der Waals surface area contributed by atoms with Crippen molar-refractivity contribution >= 4 is 17.5 Å². The van der Waals surface area contributed by atoms with Crippen molar-refractivity contribution in [2.45, 2.75) is 39.5 Å². The highest BCUT2D eigenvalue weighted by molar-refractivity contribution is 6.09. The van der Waals surface area contributed by atoms with Gasteiger partial charge in [-0.25, -0.2) is 4.98 Å². The summed E-state index contributed by atoms with van der Waals surface area (Å²) in [6, 6.07) is 13.4. The molecule has 0 radical (unpaired) electrons. The fourth-order valence-corrected chi connectivity index (χ4v) is 4.38. The minimum atomic E-state index is -0.379. The molecular formula is C24H25N3O2. The maximum atomic E-state index is 13.3. The van der Waals surface area contributed by atoms with Crippen LogP contribution in [0.3, 0.4) is 0 Å². The van der Waals surface area contributed by atoms with E-state index in [1.807, 2.05) is 44.2 Å². The third-order valence-electron chi connectivity index (χ3n) is 5.68. The van der Waals surface area contributed by atoms with Crippen LogP contribution in [0.1, 0.15) is 43.7 Å². The number of nitrogens with zero attached hydrogens (tertiary/aromatic N) is 1. The number of ketones is 1. The van der Waals surface area contributed by atoms with Gasteiger partial charge in [0.25, 0.3) is 5.91 Å². The molecule has 29 heavy (non-hydrogen) atoms. The molecule has 1 aromatic heterocycles. The van der Waals surface area contributed by atoms with Gasteiger partial charge in [0, 0.05) is 41.1 Å². The Kier molecular flexibility index (Phi) is 5.05. The Balaban J connectivity index is 1.82. The van der Waals surface area contributed by atoms with Crippen LogP contribution in [0.4, 0.5) is 5.82 Å². The number of amides is 1. The predicted octanol–water partition coefficient (Wildman–Crippen LogP) is 4.24. The number of nitrogens with one attached hydrogen (secondary N) is 2. The van der Waals surface area contributed by atoms with E-state index >= 15 is 0 Å². The number of dihydropyridines is 1. The van der Waals surface area contributed by atoms with E-state index in [0.717, 1.165) is 34.5 Å². The topological polar surface area (TPSA) is 71.1 Å². The summed E-state index contributed by atoms with van der Waals surface area (Å²) in [6.45, 7) is 6.03. The van der Waals surface area contributed by atoms with Gasteiger partial charge in [-0.15, -0.1) is 0 Å². The molecule has 5 heteroatoms. The largest absolute Gasteiger partial charge is 0.362 e. The molecule has 2 aliphatic rings. The fraction of sp³-hybridized carbons (Fsp3) is 0.292. The van der Waals surface area contributed by atoms with Crippen LogP contribution >= 0.6 is 0 Å². The number of carbonyl (C=O) groups excluding carboxylic acids is 2. The van der Waals surface area contributed by atoms with Gasteiger partial charge in [0.1, 0.15) is 5.82 Å². The van der Waals surface area contributed by atoms with Crippen molar-refractivity contribution in [2.75, 3.05) is 5.32 Å². The number of allylic oxidation sites excluding steroid dienone is 3. The molecular weight excluding hydrogens is 362 g/mol. The standard InChI is InChI=1S/C24H25N3O2/c1-14-12-18-23(19(28)13-14)22(17-9-5-4-8-15(17)2)21(16(3)26-18)24(29)27-20-10-6-7-11-25-20/h4-11,14,22,26H,12-13H2,1-3H3,(H,25,27,29)/t14-,22+/m1/s1. The van der Waals surface area contributed by atoms with Gasteiger partial charge >= 0.3 is 0 Å². The molecule has 0 fully saturated rings. The molecule has 0 bridgehead atoms. The van der Waals surface area contributed by atoms with Crippen LogP contribution in [0.2, 0.25) is 0 Å². The number of aryl methyl sites for hydroxylation is 1. The molecule has 0 unspecified atom stereocenters. The Morgan fingerprint density at radius 2 is 1.86 bits per heavy atom. The molecule has 2 heterocycles. The first-order valence-corrected chi connectivity index (χ1v) is 9.97. The number of Topliss-reactive ketones (excluding diaryl/α,β-unsaturated/α-hetero) is 1. The normalized spacial score (nSPS) is 21.6. The zero-order valence-corrected chi connectivity index (χ0v) is 17.0. The third kappa shape index (κ3) is 3.60. The summed E-state index contributed by atoms with van der Waals surface area (Å²) in [5.41, 5.74) is 5.10. The molecule has 0 saturated carbocycles. The predicted molar refractivity (Wildman–Crippen MR) is 113 cm³/mol. The van der Waals surface area contributed by atoms with Crippen molar-refractivity contribution in [3.05, 3.63) is 82.3 Å². The number of rotatable bonds is 3. The average molecular weight is 387 g/mol. The van der Waals surface area contributed by atoms with Crippen molar-refractivity contribution in [3.63, 3.8) is 0 Å². The highest BCUT2D eigenvalue weighted by Crippen LogP contribution is 2.44. The number of hydrogen-bond donors (Lipinski definition) is 2. The van der Waals surface area contributed by atoms with Gasteiger partial charge in [-0.2, -0.15) is 0 Å². The Bertz CT molecular complexity index is 1040. The van der Waals surface area contributed by atoms with Crippen molar-refractivity contribution in [1.82, 2.24) is 10.3 Å². The highest BCUT2D eigenvalue weighted by Gasteiger charge is 2.40. The zero-order valence-electron chi connectivity index (χ0n) is 17.0. The van der Waals surface area contributed by atoms with Gasteiger partial charge in [-0.3, -0.25) is 9.59 Å². The number of anilines is 1. The number of benzene rings is 1. The van der Waals surface area contributed by atoms with Gasteiger partial charge in [0.2, 0.25) is 0 Å². The molecule has 1 aliphatic heterocycles. The molecule has 5 nitrogen and oxygen atoms in total. The van der Waals surface area contributed by atoms with E-state index in [-0.39, 0.29) is 17.6 Å². The quantitative estimate of drug-likeness (QED) is 0.826. The summed E-state index contributed by atoms with van der Waals surface area (Å²) in [4.78, 5) is 30.6. The summed E-state index contributed by atoms with van der Waals surface area (Å²) < 4.78 is 0. The van der Waals surface area contributed by atoms with Crippen LogP contribution in [-0.2, 0) is 9.59 Å². The fourth-order valence-electron chi connectivity index (χ4n) is 4.38. The first kappa shape index (κ1) is 19.1. The molecule has 148 valence electrons. The number of aromatic nitrogens is 1. The minimum Gasteiger partial charge on any atom is -0.362 e. The maximum Gasteiger partial charge on any atom is 0.255 e. The molecule has 0 spiro atoms. The van der Waals surface area contributed by atoms with Gasteiger partial charge in [-0.1, -0.05) is 37.3 Å². The molecule has 1 aliphatic carbocycles. The highest BCUT2D eigenvalue weighted by atomic mass is 16.2. The molecule has 2 aromatic rings. The lowest BCUT2D eigenvalue weighted by Gasteiger charge is -2.36. The number of pyridine rings is 1. The Hall–Kier alpha value is -3.21. The van der Waals surface area contributed by atoms with Gasteiger partial charge < -0.3 is 10.6 Å². The maximum absolute atomic E-state index is 13.3. The molecule has 0 saturated heterocycles. The number of hydrogen-bond acceptors (Lipinski definition) is 4. The molecule has 1 amide bonds. The van der Waals surface area contributed by atoms with Gasteiger partial charge in [0.15, 0.2) is 5.78 Å². The summed E-state index contributed by atoms with van der Waals surface area (Å²) >= 11 is 0. The lowest BCUT2D eigenvalue weighted by molar-refractivity contribution is -0.117. The average Bonchev–Trinajstić information content (AvgIpc) is 2.67. The molecule has 2 N–H and O–H groups in total. The SMILES string of the molecule is CC1=C(C(=O)Nc2ccccn2)[C@H](c2ccccc2C)C2=C(C[C@@H](C)CC2=O)N1. The number of carbonyl (C=O) groups is 2. The van der Waals surface area contributed by atoms with E-state index in [4.69, 9.17) is 0 Å². The first-order valence-electron chi connectivity index (χ1n) is 9.97. The Morgan fingerprint density at radius 1 is 1.10 bits per heavy atom. The lowest BCUT2D eigenvalue weighted by atomic mass is 9.72. The summed E-state index contributed by atoms with van der Waals surface area (Å²) in [5.74, 6) is 0.291. The van der Waals surface area contributed by atoms with Crippen LogP contribution in [0, 0.1) is 12.8 Å². The van der Waals surface area contributed by atoms with Crippen LogP contribution in [-0.4, -0.2) is 16.7 Å². The lowest BCUT2D eigenvalue weighted by Crippen LogP contribution is -2.37. The van der Waals surface area contributed by atoms with Crippen LogP contribution in [0.25, 0.3) is 0 Å². The van der Waals surface area contributed by atoms with E-state index in [1.54, 1.807) is 18.3 Å². The van der Waals surface area contributed by atoms with Crippen LogP contribution < -0.4 is 10.6 Å². The zero-order chi connectivity index (χ0) is 20.5. The van der Waals surface area contributed by atoms with Crippen molar-refractivity contribution in [1.29, 1.82) is 0 Å². The smallest absolute Gasteiger partial charge is 0.255 e. The van der Waals surface area contributed by atoms with Crippen LogP contribution in [0.15, 0.2) is 71.2 Å². The van der Waals surface area contributed by atoms with Gasteiger partial charge in [0.05, 0.1) is 0 Å². The molecule has 1 aromatic carbocycles. The second kappa shape index (κ2) is 7.66. The first-order chi connectivity index (χ1) is 14.0. The minimum absolute atomic E-state index is 0.120. The van der Waals surface area contributed by atoms with E-state index in [0.29, 0.717) is 23.7 Å². The van der Waals surface area contributed by atoms with Crippen LogP contribution in [0.5, 0.6) is 0 Å². The Labute approximate surface area is 170 Å². The van der Waals surface area contributed by atoms with Crippen molar-refractivity contribution in [3.8, 4) is 0 Å². The second-order valence-corrected chi connectivity index (χ2v) is 7.95. The monoisotopic (exact) mass is 387 g/mol. The van der Waals surface area contributed by atoms with E-state index in [1.165, 1.54) is 0 Å². The van der Waals surface area contributed by atoms with E-state index in [9.17, 15) is 9.59 Å². The molecule has 2 atom stereocenters. The Morgan fingerprint density at radius 3 is 2.59 bits per heavy atom. The van der Waals surface area contributed by atoms with Crippen molar-refractivity contribution in [2.24, 2.45) is 5.92 Å².